The Morgan fingerprint density at radius 3 is 2.82 bits per heavy atom. The second-order valence-electron chi connectivity index (χ2n) is 4.32. The normalized spacial score (nSPS) is 10.2. The van der Waals surface area contributed by atoms with E-state index in [1.807, 2.05) is 0 Å². The highest BCUT2D eigenvalue weighted by molar-refractivity contribution is 6.30. The van der Waals surface area contributed by atoms with Gasteiger partial charge >= 0.3 is 0 Å². The van der Waals surface area contributed by atoms with E-state index in [9.17, 15) is 0 Å². The number of methoxy groups -OCH3 is 1. The third-order valence-corrected chi connectivity index (χ3v) is 3.11. The second kappa shape index (κ2) is 5.84. The quantitative estimate of drug-likeness (QED) is 0.684. The molecule has 108 valence electrons. The molecule has 0 aliphatic heterocycles. The van der Waals surface area contributed by atoms with Crippen molar-refractivity contribution >= 4 is 17.3 Å². The van der Waals surface area contributed by atoms with E-state index in [-0.39, 0.29) is 5.89 Å². The van der Waals surface area contributed by atoms with Crippen molar-refractivity contribution in [3.05, 3.63) is 53.0 Å². The van der Waals surface area contributed by atoms with Gasteiger partial charge in [0.05, 0.1) is 18.7 Å². The van der Waals surface area contributed by atoms with Crippen LogP contribution in [0.4, 0.5) is 5.69 Å². The zero-order chi connectivity index (χ0) is 15.5. The molecule has 0 amide bonds. The zero-order valence-electron chi connectivity index (χ0n) is 11.4. The molecule has 7 heteroatoms. The van der Waals surface area contributed by atoms with Gasteiger partial charge in [-0.05, 0) is 30.3 Å². The molecule has 0 aliphatic rings. The molecule has 22 heavy (non-hydrogen) atoms. The van der Waals surface area contributed by atoms with Crippen LogP contribution in [0.15, 0.2) is 41.1 Å². The lowest BCUT2D eigenvalue weighted by Crippen LogP contribution is -1.86. The molecule has 2 heterocycles. The number of aromatic nitrogens is 3. The fourth-order valence-corrected chi connectivity index (χ4v) is 1.95. The van der Waals surface area contributed by atoms with E-state index >= 15 is 0 Å². The van der Waals surface area contributed by atoms with Crippen LogP contribution in [-0.4, -0.2) is 22.2 Å². The highest BCUT2D eigenvalue weighted by atomic mass is 35.5. The topological polar surface area (TPSA) is 65.4 Å². The van der Waals surface area contributed by atoms with E-state index < -0.39 is 0 Å². The van der Waals surface area contributed by atoms with Crippen molar-refractivity contribution in [2.75, 3.05) is 7.11 Å². The average Bonchev–Trinajstić information content (AvgIpc) is 3.05. The standard InChI is InChI=1S/C15H9ClN4O2/c1-17-11-5-9(6-12(7-11)21-2)14-19-15(22-20-14)13-4-3-10(16)8-18-13/h3-8H,2H3. The maximum absolute atomic E-state index is 7.12. The first kappa shape index (κ1) is 14.0. The molecule has 6 nitrogen and oxygen atoms in total. The maximum atomic E-state index is 7.12. The number of hydrogen-bond acceptors (Lipinski definition) is 5. The van der Waals surface area contributed by atoms with E-state index in [2.05, 4.69) is 20.0 Å². The minimum atomic E-state index is 0.277. The lowest BCUT2D eigenvalue weighted by atomic mass is 10.2. The molecule has 0 bridgehead atoms. The first-order chi connectivity index (χ1) is 10.7. The monoisotopic (exact) mass is 312 g/mol. The van der Waals surface area contributed by atoms with Gasteiger partial charge in [-0.1, -0.05) is 16.8 Å². The predicted octanol–water partition coefficient (Wildman–Crippen LogP) is 4.01. The van der Waals surface area contributed by atoms with E-state index in [1.165, 1.54) is 13.3 Å². The van der Waals surface area contributed by atoms with Crippen LogP contribution < -0.4 is 4.74 Å². The third kappa shape index (κ3) is 2.75. The first-order valence-electron chi connectivity index (χ1n) is 6.22. The van der Waals surface area contributed by atoms with Gasteiger partial charge in [0.15, 0.2) is 5.69 Å². The lowest BCUT2D eigenvalue weighted by molar-refractivity contribution is 0.415. The number of hydrogen-bond donors (Lipinski definition) is 0. The molecule has 0 aliphatic carbocycles. The summed E-state index contributed by atoms with van der Waals surface area (Å²) >= 11 is 5.80. The summed E-state index contributed by atoms with van der Waals surface area (Å²) in [5, 5.41) is 4.44. The first-order valence-corrected chi connectivity index (χ1v) is 6.60. The smallest absolute Gasteiger partial charge is 0.276 e. The summed E-state index contributed by atoms with van der Waals surface area (Å²) < 4.78 is 10.4. The minimum absolute atomic E-state index is 0.277. The number of benzene rings is 1. The van der Waals surface area contributed by atoms with Crippen molar-refractivity contribution in [2.45, 2.75) is 0 Å². The Balaban J connectivity index is 2.00. The van der Waals surface area contributed by atoms with Crippen LogP contribution in [0.2, 0.25) is 5.02 Å². The van der Waals surface area contributed by atoms with Gasteiger partial charge in [0.2, 0.25) is 5.82 Å². The molecule has 0 saturated heterocycles. The summed E-state index contributed by atoms with van der Waals surface area (Å²) in [6, 6.07) is 8.42. The molecule has 3 aromatic rings. The third-order valence-electron chi connectivity index (χ3n) is 2.89. The Kier molecular flexibility index (Phi) is 3.73. The van der Waals surface area contributed by atoms with Gasteiger partial charge in [-0.3, -0.25) is 0 Å². The fraction of sp³-hybridized carbons (Fsp3) is 0.0667. The SMILES string of the molecule is [C-]#[N+]c1cc(OC)cc(-c2noc(-c3ccc(Cl)cn3)n2)c1. The van der Waals surface area contributed by atoms with Crippen LogP contribution in [0, 0.1) is 6.57 Å². The van der Waals surface area contributed by atoms with E-state index in [4.69, 9.17) is 27.4 Å². The molecule has 2 aromatic heterocycles. The van der Waals surface area contributed by atoms with Gasteiger partial charge in [0.25, 0.3) is 5.89 Å². The van der Waals surface area contributed by atoms with Crippen LogP contribution in [0.5, 0.6) is 5.75 Å². The average molecular weight is 313 g/mol. The van der Waals surface area contributed by atoms with Crippen LogP contribution in [0.3, 0.4) is 0 Å². The molecule has 1 aromatic carbocycles. The van der Waals surface area contributed by atoms with E-state index in [0.717, 1.165) is 0 Å². The number of nitrogens with zero attached hydrogens (tertiary/aromatic N) is 4. The Morgan fingerprint density at radius 2 is 2.14 bits per heavy atom. The van der Waals surface area contributed by atoms with Crippen LogP contribution in [0.25, 0.3) is 27.8 Å². The van der Waals surface area contributed by atoms with Crippen molar-refractivity contribution in [1.29, 1.82) is 0 Å². The molecule has 0 saturated carbocycles. The summed E-state index contributed by atoms with van der Waals surface area (Å²) in [6.45, 7) is 7.12. The van der Waals surface area contributed by atoms with E-state index in [1.54, 1.807) is 30.3 Å². The van der Waals surface area contributed by atoms with Crippen LogP contribution in [0.1, 0.15) is 0 Å². The molecule has 0 spiro atoms. The van der Waals surface area contributed by atoms with Crippen LogP contribution in [-0.2, 0) is 0 Å². The van der Waals surface area contributed by atoms with Gasteiger partial charge in [-0.25, -0.2) is 9.83 Å². The summed E-state index contributed by atoms with van der Waals surface area (Å²) in [4.78, 5) is 11.8. The largest absolute Gasteiger partial charge is 0.498 e. The summed E-state index contributed by atoms with van der Waals surface area (Å²) in [5.74, 6) is 1.19. The molecule has 0 unspecified atom stereocenters. The van der Waals surface area contributed by atoms with Gasteiger partial charge < -0.3 is 9.26 Å². The van der Waals surface area contributed by atoms with Crippen molar-refractivity contribution in [3.63, 3.8) is 0 Å². The summed E-state index contributed by atoms with van der Waals surface area (Å²) in [6.07, 6.45) is 1.50. The molecule has 3 rings (SSSR count). The number of ether oxygens (including phenoxy) is 1. The predicted molar refractivity (Wildman–Crippen MR) is 80.8 cm³/mol. The van der Waals surface area contributed by atoms with Crippen molar-refractivity contribution in [3.8, 4) is 28.7 Å². The summed E-state index contributed by atoms with van der Waals surface area (Å²) in [5.41, 5.74) is 1.59. The number of rotatable bonds is 3. The number of pyridine rings is 1. The Labute approximate surface area is 131 Å². The van der Waals surface area contributed by atoms with E-state index in [0.29, 0.717) is 33.5 Å². The molecule has 0 atom stereocenters. The van der Waals surface area contributed by atoms with Gasteiger partial charge in [-0.15, -0.1) is 0 Å². The summed E-state index contributed by atoms with van der Waals surface area (Å²) in [7, 11) is 1.53. The highest BCUT2D eigenvalue weighted by Crippen LogP contribution is 2.29. The van der Waals surface area contributed by atoms with Crippen molar-refractivity contribution in [2.24, 2.45) is 0 Å². The highest BCUT2D eigenvalue weighted by Gasteiger charge is 2.13. The Bertz CT molecular complexity index is 853. The van der Waals surface area contributed by atoms with Gasteiger partial charge in [0.1, 0.15) is 11.4 Å². The Morgan fingerprint density at radius 1 is 1.27 bits per heavy atom. The zero-order valence-corrected chi connectivity index (χ0v) is 12.2. The van der Waals surface area contributed by atoms with Gasteiger partial charge in [0, 0.05) is 11.8 Å². The minimum Gasteiger partial charge on any atom is -0.498 e. The molecular weight excluding hydrogens is 304 g/mol. The second-order valence-corrected chi connectivity index (χ2v) is 4.75. The van der Waals surface area contributed by atoms with Crippen LogP contribution >= 0.6 is 11.6 Å². The maximum Gasteiger partial charge on any atom is 0.276 e. The molecule has 0 N–H and O–H groups in total. The molecule has 0 fully saturated rings. The molecule has 0 radical (unpaired) electrons. The van der Waals surface area contributed by atoms with Crippen molar-refractivity contribution < 1.29 is 9.26 Å². The Hall–Kier alpha value is -2.91. The van der Waals surface area contributed by atoms with Gasteiger partial charge in [-0.2, -0.15) is 4.98 Å². The number of halogens is 1. The fourth-order valence-electron chi connectivity index (χ4n) is 1.84. The molecular formula is C15H9ClN4O2. The lowest BCUT2D eigenvalue weighted by Gasteiger charge is -2.02. The van der Waals surface area contributed by atoms with Crippen molar-refractivity contribution in [1.82, 2.24) is 15.1 Å².